The van der Waals surface area contributed by atoms with Crippen molar-refractivity contribution < 1.29 is 18.0 Å². The average molecular weight is 645 g/mol. The van der Waals surface area contributed by atoms with E-state index in [1.165, 1.54) is 17.0 Å². The van der Waals surface area contributed by atoms with E-state index in [2.05, 4.69) is 5.32 Å². The lowest BCUT2D eigenvalue weighted by Crippen LogP contribution is -2.53. The minimum Gasteiger partial charge on any atom is -0.352 e. The van der Waals surface area contributed by atoms with Crippen LogP contribution >= 0.6 is 23.2 Å². The van der Waals surface area contributed by atoms with Crippen LogP contribution in [0.25, 0.3) is 0 Å². The molecule has 0 bridgehead atoms. The molecule has 10 heteroatoms. The number of sulfonamides is 1. The summed E-state index contributed by atoms with van der Waals surface area (Å²) in [6.45, 7) is 4.88. The minimum atomic E-state index is -4.16. The van der Waals surface area contributed by atoms with Gasteiger partial charge in [0.15, 0.2) is 0 Å². The van der Waals surface area contributed by atoms with Gasteiger partial charge in [0.1, 0.15) is 12.6 Å². The topological polar surface area (TPSA) is 86.8 Å². The summed E-state index contributed by atoms with van der Waals surface area (Å²) in [7, 11) is -4.16. The third-order valence-corrected chi connectivity index (χ3v) is 10.5. The van der Waals surface area contributed by atoms with Gasteiger partial charge in [0.05, 0.1) is 10.6 Å². The van der Waals surface area contributed by atoms with Crippen molar-refractivity contribution in [3.63, 3.8) is 0 Å². The highest BCUT2D eigenvalue weighted by Crippen LogP contribution is 2.30. The van der Waals surface area contributed by atoms with E-state index in [1.807, 2.05) is 26.0 Å². The quantitative estimate of drug-likeness (QED) is 0.246. The molecule has 1 N–H and O–H groups in total. The maximum atomic E-state index is 14.3. The molecule has 1 atom stereocenters. The molecule has 1 aliphatic carbocycles. The molecule has 1 fully saturated rings. The van der Waals surface area contributed by atoms with E-state index in [9.17, 15) is 18.0 Å². The summed E-state index contributed by atoms with van der Waals surface area (Å²) in [4.78, 5) is 29.2. The van der Waals surface area contributed by atoms with Gasteiger partial charge in [-0.05, 0) is 69.0 Å². The van der Waals surface area contributed by atoms with Gasteiger partial charge in [0, 0.05) is 28.2 Å². The highest BCUT2D eigenvalue weighted by Gasteiger charge is 2.34. The third kappa shape index (κ3) is 7.91. The number of nitrogens with one attached hydrogen (secondary N) is 1. The van der Waals surface area contributed by atoms with E-state index in [4.69, 9.17) is 23.2 Å². The van der Waals surface area contributed by atoms with Crippen LogP contribution in [0, 0.1) is 6.92 Å². The Kier molecular flexibility index (Phi) is 11.2. The summed E-state index contributed by atoms with van der Waals surface area (Å²) < 4.78 is 29.4. The summed E-state index contributed by atoms with van der Waals surface area (Å²) in [5.41, 5.74) is 2.58. The van der Waals surface area contributed by atoms with Gasteiger partial charge < -0.3 is 10.2 Å². The van der Waals surface area contributed by atoms with E-state index in [-0.39, 0.29) is 23.4 Å². The summed E-state index contributed by atoms with van der Waals surface area (Å²) in [5, 5.41) is 3.81. The zero-order valence-electron chi connectivity index (χ0n) is 24.9. The molecule has 3 aromatic rings. The lowest BCUT2D eigenvalue weighted by Gasteiger charge is -2.34. The number of carbonyl (C=O) groups is 2. The molecule has 1 unspecified atom stereocenters. The molecule has 0 aliphatic heterocycles. The van der Waals surface area contributed by atoms with Crippen molar-refractivity contribution >= 4 is 50.7 Å². The number of rotatable bonds is 11. The first-order valence-electron chi connectivity index (χ1n) is 14.7. The Bertz CT molecular complexity index is 1520. The second kappa shape index (κ2) is 14.6. The van der Waals surface area contributed by atoms with Crippen LogP contribution in [-0.2, 0) is 32.6 Å². The number of amides is 2. The zero-order valence-corrected chi connectivity index (χ0v) is 27.2. The Morgan fingerprint density at radius 2 is 1.56 bits per heavy atom. The lowest BCUT2D eigenvalue weighted by molar-refractivity contribution is -0.139. The average Bonchev–Trinajstić information content (AvgIpc) is 3.00. The molecule has 0 heterocycles. The number of benzene rings is 3. The maximum absolute atomic E-state index is 14.3. The van der Waals surface area contributed by atoms with E-state index >= 15 is 0 Å². The summed E-state index contributed by atoms with van der Waals surface area (Å²) in [6.07, 6.45) is 5.56. The molecule has 7 nitrogen and oxygen atoms in total. The second-order valence-corrected chi connectivity index (χ2v) is 13.7. The SMILES string of the molecule is CCc1ccccc1N(CC(=O)N(Cc1c(Cl)cccc1Cl)C(C)C(=O)NC1CCCCC1)S(=O)(=O)c1ccc(C)cc1. The van der Waals surface area contributed by atoms with Gasteiger partial charge >= 0.3 is 0 Å². The zero-order chi connectivity index (χ0) is 31.1. The first kappa shape index (κ1) is 32.8. The molecule has 0 aromatic heterocycles. The van der Waals surface area contributed by atoms with Crippen molar-refractivity contribution in [2.75, 3.05) is 10.8 Å². The monoisotopic (exact) mass is 643 g/mol. The van der Waals surface area contributed by atoms with Crippen LogP contribution in [0.1, 0.15) is 62.6 Å². The van der Waals surface area contributed by atoms with Crippen molar-refractivity contribution in [2.24, 2.45) is 0 Å². The van der Waals surface area contributed by atoms with Crippen LogP contribution < -0.4 is 9.62 Å². The molecule has 4 rings (SSSR count). The van der Waals surface area contributed by atoms with Gasteiger partial charge in [-0.25, -0.2) is 8.42 Å². The van der Waals surface area contributed by atoms with Crippen LogP contribution in [-0.4, -0.2) is 43.8 Å². The number of carbonyl (C=O) groups excluding carboxylic acids is 2. The van der Waals surface area contributed by atoms with E-state index in [0.29, 0.717) is 27.7 Å². The number of anilines is 1. The summed E-state index contributed by atoms with van der Waals surface area (Å²) in [6, 6.07) is 17.8. The molecule has 230 valence electrons. The van der Waals surface area contributed by atoms with Crippen LogP contribution in [0.2, 0.25) is 10.0 Å². The van der Waals surface area contributed by atoms with Gasteiger partial charge in [-0.1, -0.05) is 91.3 Å². The minimum absolute atomic E-state index is 0.0411. The van der Waals surface area contributed by atoms with Crippen molar-refractivity contribution in [2.45, 2.75) is 82.8 Å². The molecule has 3 aromatic carbocycles. The Morgan fingerprint density at radius 3 is 2.19 bits per heavy atom. The highest BCUT2D eigenvalue weighted by atomic mass is 35.5. The molecule has 0 spiro atoms. The number of hydrogen-bond donors (Lipinski definition) is 1. The fraction of sp³-hybridized carbons (Fsp3) is 0.394. The first-order chi connectivity index (χ1) is 20.5. The summed E-state index contributed by atoms with van der Waals surface area (Å²) >= 11 is 13.0. The van der Waals surface area contributed by atoms with Gasteiger partial charge in [0.25, 0.3) is 10.0 Å². The Morgan fingerprint density at radius 1 is 0.930 bits per heavy atom. The molecule has 1 saturated carbocycles. The number of halogens is 2. The molecular formula is C33H39Cl2N3O4S. The number of nitrogens with zero attached hydrogens (tertiary/aromatic N) is 2. The highest BCUT2D eigenvalue weighted by molar-refractivity contribution is 7.92. The van der Waals surface area contributed by atoms with Crippen LogP contribution in [0.15, 0.2) is 71.6 Å². The van der Waals surface area contributed by atoms with Crippen LogP contribution in [0.5, 0.6) is 0 Å². The Balaban J connectivity index is 1.74. The number of aryl methyl sites for hydroxylation is 2. The largest absolute Gasteiger partial charge is 0.352 e. The Labute approximate surface area is 265 Å². The smallest absolute Gasteiger partial charge is 0.264 e. The predicted octanol–water partition coefficient (Wildman–Crippen LogP) is 6.93. The van der Waals surface area contributed by atoms with Crippen molar-refractivity contribution in [1.29, 1.82) is 0 Å². The van der Waals surface area contributed by atoms with Crippen molar-refractivity contribution in [3.8, 4) is 0 Å². The fourth-order valence-electron chi connectivity index (χ4n) is 5.41. The molecule has 0 radical (unpaired) electrons. The fourth-order valence-corrected chi connectivity index (χ4v) is 7.38. The Hall–Kier alpha value is -3.07. The van der Waals surface area contributed by atoms with Crippen LogP contribution in [0.4, 0.5) is 5.69 Å². The second-order valence-electron chi connectivity index (χ2n) is 11.0. The van der Waals surface area contributed by atoms with Crippen LogP contribution in [0.3, 0.4) is 0 Å². The molecule has 2 amide bonds. The molecular weight excluding hydrogens is 605 g/mol. The maximum Gasteiger partial charge on any atom is 0.264 e. The molecule has 0 saturated heterocycles. The van der Waals surface area contributed by atoms with Crippen molar-refractivity contribution in [3.05, 3.63) is 93.5 Å². The van der Waals surface area contributed by atoms with Crippen molar-refractivity contribution in [1.82, 2.24) is 10.2 Å². The first-order valence-corrected chi connectivity index (χ1v) is 16.9. The van der Waals surface area contributed by atoms with E-state index in [0.717, 1.165) is 47.5 Å². The van der Waals surface area contributed by atoms with Gasteiger partial charge in [0.2, 0.25) is 11.8 Å². The lowest BCUT2D eigenvalue weighted by atomic mass is 9.95. The third-order valence-electron chi connectivity index (χ3n) is 8.04. The van der Waals surface area contributed by atoms with Gasteiger partial charge in [-0.3, -0.25) is 13.9 Å². The normalized spacial score (nSPS) is 14.6. The number of para-hydroxylation sites is 1. The predicted molar refractivity (Wildman–Crippen MR) is 173 cm³/mol. The van der Waals surface area contributed by atoms with E-state index < -0.39 is 28.5 Å². The van der Waals surface area contributed by atoms with Gasteiger partial charge in [-0.2, -0.15) is 0 Å². The molecule has 1 aliphatic rings. The number of hydrogen-bond acceptors (Lipinski definition) is 4. The van der Waals surface area contributed by atoms with E-state index in [1.54, 1.807) is 49.4 Å². The van der Waals surface area contributed by atoms with Gasteiger partial charge in [-0.15, -0.1) is 0 Å². The molecule has 43 heavy (non-hydrogen) atoms. The summed E-state index contributed by atoms with van der Waals surface area (Å²) in [5.74, 6) is -0.853. The standard InChI is InChI=1S/C33H39Cl2N3O4S/c1-4-25-11-8-9-16-31(25)38(43(41,42)27-19-17-23(2)18-20-27)22-32(39)37(21-28-29(34)14-10-15-30(28)35)24(3)33(40)36-26-12-6-5-7-13-26/h8-11,14-20,24,26H,4-7,12-13,21-22H2,1-3H3,(H,36,40).